The molecule has 132 valence electrons. The van der Waals surface area contributed by atoms with Crippen molar-refractivity contribution in [3.63, 3.8) is 0 Å². The van der Waals surface area contributed by atoms with Crippen LogP contribution in [0.3, 0.4) is 0 Å². The highest BCUT2D eigenvalue weighted by molar-refractivity contribution is 7.93. The molecular formula is C19H16N2O4S. The highest BCUT2D eigenvalue weighted by Gasteiger charge is 2.37. The lowest BCUT2D eigenvalue weighted by atomic mass is 10.1. The average molecular weight is 368 g/mol. The van der Waals surface area contributed by atoms with E-state index in [1.54, 1.807) is 48.5 Å². The van der Waals surface area contributed by atoms with Crippen LogP contribution in [0.2, 0.25) is 0 Å². The first kappa shape index (κ1) is 16.4. The predicted molar refractivity (Wildman–Crippen MR) is 98.5 cm³/mol. The number of nitrogens with two attached hydrogens (primary N) is 1. The van der Waals surface area contributed by atoms with Gasteiger partial charge in [0.2, 0.25) is 0 Å². The average Bonchev–Trinajstić information content (AvgIpc) is 2.66. The molecule has 1 unspecified atom stereocenters. The third kappa shape index (κ3) is 2.57. The molecule has 1 aliphatic rings. The van der Waals surface area contributed by atoms with Crippen LogP contribution in [-0.2, 0) is 14.8 Å². The summed E-state index contributed by atoms with van der Waals surface area (Å²) >= 11 is 0. The van der Waals surface area contributed by atoms with Gasteiger partial charge in [-0.05, 0) is 23.6 Å². The maximum Gasteiger partial charge on any atom is 0.265 e. The standard InChI is InChI=1S/C19H16N2O4S/c20-19(22)17-12-21(15-9-3-4-10-16(15)25-17)26(23,24)18-11-5-7-13-6-1-2-8-14(13)18/h1-11,17H,12H2,(H2,20,22). The van der Waals surface area contributed by atoms with E-state index in [0.29, 0.717) is 16.8 Å². The van der Waals surface area contributed by atoms with Gasteiger partial charge < -0.3 is 10.5 Å². The quantitative estimate of drug-likeness (QED) is 0.768. The summed E-state index contributed by atoms with van der Waals surface area (Å²) in [6.07, 6.45) is -1.05. The SMILES string of the molecule is NC(=O)C1CN(S(=O)(=O)c2cccc3ccccc23)c2ccccc2O1. The number of nitrogens with zero attached hydrogens (tertiary/aromatic N) is 1. The molecule has 0 saturated carbocycles. The minimum Gasteiger partial charge on any atom is -0.476 e. The molecule has 1 heterocycles. The third-order valence-electron chi connectivity index (χ3n) is 4.37. The van der Waals surface area contributed by atoms with Gasteiger partial charge in [-0.2, -0.15) is 0 Å². The molecule has 1 amide bonds. The molecule has 0 spiro atoms. The molecule has 3 aromatic carbocycles. The monoisotopic (exact) mass is 368 g/mol. The molecule has 7 heteroatoms. The molecule has 1 atom stereocenters. The van der Waals surface area contributed by atoms with E-state index in [-0.39, 0.29) is 11.4 Å². The molecule has 4 rings (SSSR count). The summed E-state index contributed by atoms with van der Waals surface area (Å²) in [6.45, 7) is -0.169. The van der Waals surface area contributed by atoms with Crippen molar-refractivity contribution in [2.45, 2.75) is 11.0 Å². The molecule has 0 radical (unpaired) electrons. The Morgan fingerprint density at radius 2 is 1.69 bits per heavy atom. The van der Waals surface area contributed by atoms with Crippen LogP contribution >= 0.6 is 0 Å². The Balaban J connectivity index is 1.91. The van der Waals surface area contributed by atoms with E-state index >= 15 is 0 Å². The summed E-state index contributed by atoms with van der Waals surface area (Å²) in [4.78, 5) is 11.8. The summed E-state index contributed by atoms with van der Waals surface area (Å²) < 4.78 is 33.7. The number of ether oxygens (including phenoxy) is 1. The van der Waals surface area contributed by atoms with Crippen LogP contribution in [0.5, 0.6) is 5.75 Å². The Morgan fingerprint density at radius 3 is 2.50 bits per heavy atom. The Labute approximate surface area is 150 Å². The van der Waals surface area contributed by atoms with Crippen LogP contribution in [0.25, 0.3) is 10.8 Å². The summed E-state index contributed by atoms with van der Waals surface area (Å²) in [6, 6.07) is 19.1. The molecule has 3 aromatic rings. The maximum atomic E-state index is 13.5. The number of carbonyl (C=O) groups is 1. The molecule has 6 nitrogen and oxygen atoms in total. The maximum absolute atomic E-state index is 13.5. The molecule has 0 bridgehead atoms. The molecule has 0 saturated heterocycles. The second kappa shape index (κ2) is 6.03. The molecule has 2 N–H and O–H groups in total. The van der Waals surface area contributed by atoms with E-state index in [9.17, 15) is 13.2 Å². The lowest BCUT2D eigenvalue weighted by Gasteiger charge is -2.34. The van der Waals surface area contributed by atoms with Gasteiger partial charge >= 0.3 is 0 Å². The van der Waals surface area contributed by atoms with Gasteiger partial charge in [-0.25, -0.2) is 8.42 Å². The fourth-order valence-corrected chi connectivity index (χ4v) is 4.81. The van der Waals surface area contributed by atoms with E-state index in [1.165, 1.54) is 4.31 Å². The first-order valence-electron chi connectivity index (χ1n) is 8.04. The van der Waals surface area contributed by atoms with Crippen LogP contribution in [0.15, 0.2) is 71.6 Å². The zero-order valence-electron chi connectivity index (χ0n) is 13.7. The summed E-state index contributed by atoms with van der Waals surface area (Å²) in [5.74, 6) is -0.399. The van der Waals surface area contributed by atoms with E-state index in [0.717, 1.165) is 5.39 Å². The van der Waals surface area contributed by atoms with Crippen molar-refractivity contribution in [2.75, 3.05) is 10.8 Å². The second-order valence-corrected chi connectivity index (χ2v) is 7.82. The van der Waals surface area contributed by atoms with Crippen molar-refractivity contribution < 1.29 is 17.9 Å². The summed E-state index contributed by atoms with van der Waals surface area (Å²) in [7, 11) is -3.92. The lowest BCUT2D eigenvalue weighted by molar-refractivity contribution is -0.124. The summed E-state index contributed by atoms with van der Waals surface area (Å²) in [5.41, 5.74) is 5.76. The minimum absolute atomic E-state index is 0.169. The van der Waals surface area contributed by atoms with Crippen molar-refractivity contribution in [1.29, 1.82) is 0 Å². The van der Waals surface area contributed by atoms with Gasteiger partial charge in [0.05, 0.1) is 17.1 Å². The normalized spacial score (nSPS) is 16.8. The van der Waals surface area contributed by atoms with Gasteiger partial charge in [0.25, 0.3) is 15.9 Å². The van der Waals surface area contributed by atoms with Gasteiger partial charge in [0.15, 0.2) is 6.10 Å². The zero-order chi connectivity index (χ0) is 18.3. The molecule has 0 aromatic heterocycles. The van der Waals surface area contributed by atoms with Crippen molar-refractivity contribution in [1.82, 2.24) is 0 Å². The highest BCUT2D eigenvalue weighted by Crippen LogP contribution is 2.38. The Kier molecular flexibility index (Phi) is 3.81. The van der Waals surface area contributed by atoms with Gasteiger partial charge in [0, 0.05) is 5.39 Å². The van der Waals surface area contributed by atoms with Gasteiger partial charge in [-0.1, -0.05) is 48.5 Å². The van der Waals surface area contributed by atoms with E-state index in [4.69, 9.17) is 10.5 Å². The number of fused-ring (bicyclic) bond motifs is 2. The van der Waals surface area contributed by atoms with E-state index in [2.05, 4.69) is 0 Å². The predicted octanol–water partition coefficient (Wildman–Crippen LogP) is 2.28. The Hall–Kier alpha value is -3.06. The van der Waals surface area contributed by atoms with Crippen LogP contribution in [0.1, 0.15) is 0 Å². The fourth-order valence-electron chi connectivity index (χ4n) is 3.12. The highest BCUT2D eigenvalue weighted by atomic mass is 32.2. The number of amides is 1. The van der Waals surface area contributed by atoms with Gasteiger partial charge in [-0.3, -0.25) is 9.10 Å². The van der Waals surface area contributed by atoms with Crippen molar-refractivity contribution in [2.24, 2.45) is 5.73 Å². The van der Waals surface area contributed by atoms with Gasteiger partial charge in [0.1, 0.15) is 5.75 Å². The van der Waals surface area contributed by atoms with E-state index < -0.39 is 22.0 Å². The number of anilines is 1. The molecule has 0 aliphatic carbocycles. The smallest absolute Gasteiger partial charge is 0.265 e. The lowest BCUT2D eigenvalue weighted by Crippen LogP contribution is -2.49. The van der Waals surface area contributed by atoms with Crippen molar-refractivity contribution >= 4 is 32.4 Å². The first-order chi connectivity index (χ1) is 12.5. The van der Waals surface area contributed by atoms with Crippen molar-refractivity contribution in [3.8, 4) is 5.75 Å². The first-order valence-corrected chi connectivity index (χ1v) is 9.48. The van der Waals surface area contributed by atoms with Crippen molar-refractivity contribution in [3.05, 3.63) is 66.7 Å². The van der Waals surface area contributed by atoms with Crippen LogP contribution < -0.4 is 14.8 Å². The molecule has 1 aliphatic heterocycles. The largest absolute Gasteiger partial charge is 0.476 e. The number of hydrogen-bond acceptors (Lipinski definition) is 4. The van der Waals surface area contributed by atoms with E-state index in [1.807, 2.05) is 18.2 Å². The minimum atomic E-state index is -3.92. The number of primary amides is 1. The molecular weight excluding hydrogens is 352 g/mol. The number of para-hydroxylation sites is 2. The number of carbonyl (C=O) groups excluding carboxylic acids is 1. The second-order valence-electron chi connectivity index (χ2n) is 5.99. The zero-order valence-corrected chi connectivity index (χ0v) is 14.5. The summed E-state index contributed by atoms with van der Waals surface area (Å²) in [5, 5.41) is 1.44. The Bertz CT molecular complexity index is 1110. The number of benzene rings is 3. The van der Waals surface area contributed by atoms with Gasteiger partial charge in [-0.15, -0.1) is 0 Å². The fraction of sp³-hybridized carbons (Fsp3) is 0.105. The van der Waals surface area contributed by atoms with Crippen LogP contribution in [0.4, 0.5) is 5.69 Å². The number of hydrogen-bond donors (Lipinski definition) is 1. The molecule has 0 fully saturated rings. The molecule has 26 heavy (non-hydrogen) atoms. The Morgan fingerprint density at radius 1 is 1.00 bits per heavy atom. The third-order valence-corrected chi connectivity index (χ3v) is 6.21. The van der Waals surface area contributed by atoms with Crippen LogP contribution in [-0.4, -0.2) is 27.0 Å². The number of sulfonamides is 1. The van der Waals surface area contributed by atoms with Crippen LogP contribution in [0, 0.1) is 0 Å². The number of rotatable bonds is 3. The topological polar surface area (TPSA) is 89.7 Å².